The number of benzene rings is 2. The average molecular weight is 404 g/mol. The first-order valence-electron chi connectivity index (χ1n) is 8.62. The molecule has 1 atom stereocenters. The molecular formula is C19H18ClN3O3S. The molecule has 140 valence electrons. The van der Waals surface area contributed by atoms with Crippen LogP contribution in [0.2, 0.25) is 5.02 Å². The van der Waals surface area contributed by atoms with Gasteiger partial charge in [0.1, 0.15) is 6.54 Å². The van der Waals surface area contributed by atoms with Crippen molar-refractivity contribution in [2.24, 2.45) is 0 Å². The number of carbonyl (C=O) groups excluding carboxylic acids is 1. The fraction of sp³-hybridized carbons (Fsp3) is 0.263. The van der Waals surface area contributed by atoms with Crippen LogP contribution in [-0.2, 0) is 21.2 Å². The van der Waals surface area contributed by atoms with E-state index in [2.05, 4.69) is 4.98 Å². The van der Waals surface area contributed by atoms with Gasteiger partial charge in [-0.2, -0.15) is 0 Å². The van der Waals surface area contributed by atoms with Gasteiger partial charge in [0.25, 0.3) is 0 Å². The fourth-order valence-electron chi connectivity index (χ4n) is 3.41. The number of sulfone groups is 1. The van der Waals surface area contributed by atoms with Crippen LogP contribution in [0.15, 0.2) is 59.8 Å². The number of hydrogen-bond donors (Lipinski definition) is 0. The van der Waals surface area contributed by atoms with Crippen LogP contribution >= 0.6 is 11.6 Å². The molecule has 2 aromatic carbocycles. The van der Waals surface area contributed by atoms with Gasteiger partial charge in [-0.25, -0.2) is 13.4 Å². The maximum atomic E-state index is 12.8. The van der Waals surface area contributed by atoms with E-state index in [4.69, 9.17) is 11.6 Å². The highest BCUT2D eigenvalue weighted by Gasteiger charge is 2.36. The molecule has 2 heterocycles. The van der Waals surface area contributed by atoms with E-state index in [1.165, 1.54) is 12.1 Å². The zero-order valence-corrected chi connectivity index (χ0v) is 16.0. The number of imidazole rings is 1. The Morgan fingerprint density at radius 2 is 1.89 bits per heavy atom. The Kier molecular flexibility index (Phi) is 4.65. The molecule has 0 radical (unpaired) electrons. The number of para-hydroxylation sites is 2. The van der Waals surface area contributed by atoms with E-state index in [-0.39, 0.29) is 23.9 Å². The molecule has 4 rings (SSSR count). The number of nitrogens with zero attached hydrogens (tertiary/aromatic N) is 3. The number of hydrogen-bond acceptors (Lipinski definition) is 4. The summed E-state index contributed by atoms with van der Waals surface area (Å²) in [6, 6.07) is 13.8. The standard InChI is InChI=1S/C19H18ClN3O3S/c20-14-5-7-15(8-6-14)27(25,26)16-9-10-22(11-16)19(24)12-23-13-21-17-3-1-2-4-18(17)23/h1-8,13,16H,9-12H2/t16-/m1/s1. The number of aromatic nitrogens is 2. The van der Waals surface area contributed by atoms with Gasteiger partial charge in [-0.15, -0.1) is 0 Å². The monoisotopic (exact) mass is 403 g/mol. The lowest BCUT2D eigenvalue weighted by Crippen LogP contribution is -2.34. The molecule has 0 spiro atoms. The second-order valence-electron chi connectivity index (χ2n) is 6.61. The van der Waals surface area contributed by atoms with Crippen LogP contribution in [0.3, 0.4) is 0 Å². The maximum Gasteiger partial charge on any atom is 0.242 e. The number of rotatable bonds is 4. The molecule has 0 saturated carbocycles. The summed E-state index contributed by atoms with van der Waals surface area (Å²) < 4.78 is 27.4. The zero-order valence-electron chi connectivity index (χ0n) is 14.5. The van der Waals surface area contributed by atoms with Crippen LogP contribution in [0.4, 0.5) is 0 Å². The van der Waals surface area contributed by atoms with Crippen LogP contribution in [0.25, 0.3) is 11.0 Å². The summed E-state index contributed by atoms with van der Waals surface area (Å²) in [5.74, 6) is -0.105. The number of fused-ring (bicyclic) bond motifs is 1. The van der Waals surface area contributed by atoms with Gasteiger partial charge >= 0.3 is 0 Å². The van der Waals surface area contributed by atoms with Crippen molar-refractivity contribution in [3.05, 3.63) is 59.9 Å². The summed E-state index contributed by atoms with van der Waals surface area (Å²) in [6.07, 6.45) is 2.07. The maximum absolute atomic E-state index is 12.8. The molecule has 0 N–H and O–H groups in total. The summed E-state index contributed by atoms with van der Waals surface area (Å²) in [7, 11) is -3.49. The van der Waals surface area contributed by atoms with Crippen LogP contribution in [-0.4, -0.2) is 47.1 Å². The Morgan fingerprint density at radius 3 is 2.67 bits per heavy atom. The second kappa shape index (κ2) is 6.98. The molecule has 27 heavy (non-hydrogen) atoms. The Labute approximate surface area is 162 Å². The molecule has 1 amide bonds. The van der Waals surface area contributed by atoms with Crippen molar-refractivity contribution in [3.63, 3.8) is 0 Å². The van der Waals surface area contributed by atoms with Gasteiger partial charge in [-0.3, -0.25) is 4.79 Å². The van der Waals surface area contributed by atoms with Crippen molar-refractivity contribution in [2.75, 3.05) is 13.1 Å². The minimum absolute atomic E-state index is 0.105. The molecule has 0 unspecified atom stereocenters. The predicted molar refractivity (Wildman–Crippen MR) is 103 cm³/mol. The van der Waals surface area contributed by atoms with Gasteiger partial charge in [0.15, 0.2) is 9.84 Å². The first kappa shape index (κ1) is 18.0. The lowest BCUT2D eigenvalue weighted by atomic mass is 10.3. The van der Waals surface area contributed by atoms with Crippen molar-refractivity contribution in [1.82, 2.24) is 14.5 Å². The van der Waals surface area contributed by atoms with Gasteiger partial charge < -0.3 is 9.47 Å². The lowest BCUT2D eigenvalue weighted by Gasteiger charge is -2.17. The van der Waals surface area contributed by atoms with Crippen molar-refractivity contribution < 1.29 is 13.2 Å². The molecule has 0 bridgehead atoms. The second-order valence-corrected chi connectivity index (χ2v) is 9.28. The smallest absolute Gasteiger partial charge is 0.242 e. The van der Waals surface area contributed by atoms with E-state index in [0.717, 1.165) is 11.0 Å². The van der Waals surface area contributed by atoms with Gasteiger partial charge in [0, 0.05) is 18.1 Å². The molecule has 1 aromatic heterocycles. The van der Waals surface area contributed by atoms with Gasteiger partial charge in [-0.1, -0.05) is 23.7 Å². The van der Waals surface area contributed by atoms with Crippen molar-refractivity contribution in [3.8, 4) is 0 Å². The Hall–Kier alpha value is -2.38. The average Bonchev–Trinajstić information content (AvgIpc) is 3.30. The van der Waals surface area contributed by atoms with Crippen molar-refractivity contribution in [1.29, 1.82) is 0 Å². The highest BCUT2D eigenvalue weighted by atomic mass is 35.5. The summed E-state index contributed by atoms with van der Waals surface area (Å²) in [5.41, 5.74) is 1.71. The number of halogens is 1. The van der Waals surface area contributed by atoms with Crippen molar-refractivity contribution >= 4 is 38.4 Å². The zero-order chi connectivity index (χ0) is 19.0. The SMILES string of the molecule is O=C(Cn1cnc2ccccc21)N1CC[C@@H](S(=O)(=O)c2ccc(Cl)cc2)C1. The van der Waals surface area contributed by atoms with E-state index in [9.17, 15) is 13.2 Å². The summed E-state index contributed by atoms with van der Waals surface area (Å²) >= 11 is 5.84. The third-order valence-electron chi connectivity index (χ3n) is 4.91. The minimum Gasteiger partial charge on any atom is -0.340 e. The number of likely N-dealkylation sites (tertiary alicyclic amines) is 1. The van der Waals surface area contributed by atoms with Gasteiger partial charge in [0.2, 0.25) is 5.91 Å². The highest BCUT2D eigenvalue weighted by molar-refractivity contribution is 7.92. The molecule has 1 fully saturated rings. The largest absolute Gasteiger partial charge is 0.340 e. The first-order chi connectivity index (χ1) is 12.9. The summed E-state index contributed by atoms with van der Waals surface area (Å²) in [5, 5.41) is -0.105. The normalized spacial score (nSPS) is 17.5. The minimum atomic E-state index is -3.49. The van der Waals surface area contributed by atoms with E-state index in [1.807, 2.05) is 24.3 Å². The molecule has 3 aromatic rings. The fourth-order valence-corrected chi connectivity index (χ4v) is 5.22. The van der Waals surface area contributed by atoms with Gasteiger partial charge in [0.05, 0.1) is 27.5 Å². The van der Waals surface area contributed by atoms with Crippen molar-refractivity contribution in [2.45, 2.75) is 23.1 Å². The molecular weight excluding hydrogens is 386 g/mol. The molecule has 1 aliphatic heterocycles. The quantitative estimate of drug-likeness (QED) is 0.671. The third-order valence-corrected chi connectivity index (χ3v) is 7.36. The Bertz CT molecular complexity index is 1090. The molecule has 1 saturated heterocycles. The van der Waals surface area contributed by atoms with Gasteiger partial charge in [-0.05, 0) is 42.8 Å². The Morgan fingerprint density at radius 1 is 1.15 bits per heavy atom. The third kappa shape index (κ3) is 3.44. The van der Waals surface area contributed by atoms with Crippen LogP contribution < -0.4 is 0 Å². The molecule has 1 aliphatic rings. The molecule has 0 aliphatic carbocycles. The summed E-state index contributed by atoms with van der Waals surface area (Å²) in [4.78, 5) is 18.8. The van der Waals surface area contributed by atoms with E-state index < -0.39 is 15.1 Å². The van der Waals surface area contributed by atoms with E-state index in [0.29, 0.717) is 18.0 Å². The first-order valence-corrected chi connectivity index (χ1v) is 10.5. The summed E-state index contributed by atoms with van der Waals surface area (Å²) in [6.45, 7) is 0.785. The predicted octanol–water partition coefficient (Wildman–Crippen LogP) is 2.76. The topological polar surface area (TPSA) is 72.3 Å². The lowest BCUT2D eigenvalue weighted by molar-refractivity contribution is -0.130. The van der Waals surface area contributed by atoms with Crippen LogP contribution in [0.1, 0.15) is 6.42 Å². The van der Waals surface area contributed by atoms with E-state index >= 15 is 0 Å². The molecule has 8 heteroatoms. The molecule has 6 nitrogen and oxygen atoms in total. The van der Waals surface area contributed by atoms with E-state index in [1.54, 1.807) is 27.9 Å². The Balaban J connectivity index is 1.47. The number of carbonyl (C=O) groups is 1. The van der Waals surface area contributed by atoms with Crippen LogP contribution in [0, 0.1) is 0 Å². The highest BCUT2D eigenvalue weighted by Crippen LogP contribution is 2.25. The number of amides is 1. The van der Waals surface area contributed by atoms with Crippen LogP contribution in [0.5, 0.6) is 0 Å².